The number of rotatable bonds is 70. The second-order valence-corrected chi connectivity index (χ2v) is 29.5. The molecule has 0 saturated heterocycles. The average Bonchev–Trinajstić information content (AvgIpc) is 2.98. The van der Waals surface area contributed by atoms with Crippen LogP contribution in [0.25, 0.3) is 0 Å². The monoisotopic (exact) mass is 1320 g/mol. The fourth-order valence-corrected chi connectivity index (χ4v) is 12.3. The maximum Gasteiger partial charge on any atom is 0.472 e. The molecular formula is C71H138O17P2. The van der Waals surface area contributed by atoms with Crippen LogP contribution in [-0.4, -0.2) is 96.7 Å². The van der Waals surface area contributed by atoms with Crippen LogP contribution in [0.1, 0.15) is 363 Å². The van der Waals surface area contributed by atoms with E-state index in [9.17, 15) is 43.2 Å². The van der Waals surface area contributed by atoms with Gasteiger partial charge >= 0.3 is 39.5 Å². The van der Waals surface area contributed by atoms with Crippen LogP contribution in [0.5, 0.6) is 0 Å². The smallest absolute Gasteiger partial charge is 0.462 e. The van der Waals surface area contributed by atoms with Crippen molar-refractivity contribution in [3.63, 3.8) is 0 Å². The van der Waals surface area contributed by atoms with E-state index in [1.807, 2.05) is 0 Å². The van der Waals surface area contributed by atoms with Gasteiger partial charge in [-0.05, 0) is 37.5 Å². The minimum Gasteiger partial charge on any atom is -0.462 e. The lowest BCUT2D eigenvalue weighted by Gasteiger charge is -2.21. The molecule has 0 aliphatic rings. The molecule has 0 aliphatic heterocycles. The van der Waals surface area contributed by atoms with Crippen LogP contribution in [0.4, 0.5) is 0 Å². The van der Waals surface area contributed by atoms with E-state index in [1.165, 1.54) is 180 Å². The number of aliphatic hydroxyl groups is 1. The molecule has 90 heavy (non-hydrogen) atoms. The number of unbranched alkanes of at least 4 members (excludes halogenated alkanes) is 40. The van der Waals surface area contributed by atoms with E-state index in [1.54, 1.807) is 0 Å². The van der Waals surface area contributed by atoms with Crippen molar-refractivity contribution in [1.82, 2.24) is 0 Å². The third-order valence-corrected chi connectivity index (χ3v) is 18.4. The number of phosphoric acid groups is 2. The summed E-state index contributed by atoms with van der Waals surface area (Å²) in [5.74, 6) is -0.562. The van der Waals surface area contributed by atoms with Gasteiger partial charge in [-0.15, -0.1) is 0 Å². The number of ether oxygens (including phenoxy) is 4. The summed E-state index contributed by atoms with van der Waals surface area (Å²) in [5, 5.41) is 10.6. The van der Waals surface area contributed by atoms with Crippen LogP contribution in [0, 0.1) is 11.8 Å². The number of carbonyl (C=O) groups excluding carboxylic acids is 4. The van der Waals surface area contributed by atoms with E-state index in [-0.39, 0.29) is 25.7 Å². The predicted molar refractivity (Wildman–Crippen MR) is 363 cm³/mol. The van der Waals surface area contributed by atoms with Crippen molar-refractivity contribution in [2.75, 3.05) is 39.6 Å². The lowest BCUT2D eigenvalue weighted by molar-refractivity contribution is -0.161. The highest BCUT2D eigenvalue weighted by molar-refractivity contribution is 7.47. The molecule has 534 valence electrons. The summed E-state index contributed by atoms with van der Waals surface area (Å²) in [4.78, 5) is 72.5. The highest BCUT2D eigenvalue weighted by Crippen LogP contribution is 2.45. The zero-order chi connectivity index (χ0) is 66.5. The lowest BCUT2D eigenvalue weighted by atomic mass is 10.0. The Bertz CT molecular complexity index is 1750. The van der Waals surface area contributed by atoms with Gasteiger partial charge in [-0.2, -0.15) is 0 Å². The van der Waals surface area contributed by atoms with Gasteiger partial charge in [-0.1, -0.05) is 311 Å². The number of esters is 4. The van der Waals surface area contributed by atoms with E-state index in [2.05, 4.69) is 41.5 Å². The molecule has 0 aromatic rings. The molecule has 17 nitrogen and oxygen atoms in total. The topological polar surface area (TPSA) is 237 Å². The Balaban J connectivity index is 5.21. The summed E-state index contributed by atoms with van der Waals surface area (Å²) >= 11 is 0. The molecule has 0 fully saturated rings. The number of hydrogen-bond acceptors (Lipinski definition) is 15. The molecule has 5 atom stereocenters. The lowest BCUT2D eigenvalue weighted by Crippen LogP contribution is -2.30. The first kappa shape index (κ1) is 88.1. The van der Waals surface area contributed by atoms with Crippen molar-refractivity contribution in [2.45, 2.75) is 381 Å². The van der Waals surface area contributed by atoms with Crippen LogP contribution < -0.4 is 0 Å². The normalized spacial score (nSPS) is 14.1. The van der Waals surface area contributed by atoms with Gasteiger partial charge in [0.2, 0.25) is 0 Å². The van der Waals surface area contributed by atoms with Gasteiger partial charge < -0.3 is 33.8 Å². The van der Waals surface area contributed by atoms with Crippen molar-refractivity contribution >= 4 is 39.5 Å². The SMILES string of the molecule is CCCCCCCCCCCCC(=O)O[C@H](COC(=O)CCCCCCCCCCC)COP(=O)(O)OC[C@H](O)COP(=O)(O)OC[C@@H](COC(=O)CCCCCCCCCCCCC(C)C)OC(=O)CCCCCCCCCCCCCCCCCC(C)C. The van der Waals surface area contributed by atoms with Crippen LogP contribution >= 0.6 is 15.6 Å². The first-order valence-electron chi connectivity index (χ1n) is 37.0. The Morgan fingerprint density at radius 1 is 0.300 bits per heavy atom. The first-order valence-corrected chi connectivity index (χ1v) is 40.0. The zero-order valence-corrected chi connectivity index (χ0v) is 60.2. The molecule has 0 rings (SSSR count). The summed E-state index contributed by atoms with van der Waals surface area (Å²) in [5.41, 5.74) is 0. The quantitative estimate of drug-likeness (QED) is 0.0222. The summed E-state index contributed by atoms with van der Waals surface area (Å²) in [7, 11) is -9.90. The van der Waals surface area contributed by atoms with Crippen molar-refractivity contribution in [2.24, 2.45) is 11.8 Å². The average molecular weight is 1330 g/mol. The molecule has 0 aliphatic carbocycles. The molecule has 0 amide bonds. The molecule has 0 bridgehead atoms. The Hall–Kier alpha value is -1.94. The van der Waals surface area contributed by atoms with E-state index in [0.29, 0.717) is 25.7 Å². The van der Waals surface area contributed by atoms with Gasteiger partial charge in [0.25, 0.3) is 0 Å². The second-order valence-electron chi connectivity index (χ2n) is 26.6. The summed E-state index contributed by atoms with van der Waals surface area (Å²) < 4.78 is 68.3. The van der Waals surface area contributed by atoms with Crippen molar-refractivity contribution < 1.29 is 80.2 Å². The van der Waals surface area contributed by atoms with Crippen LogP contribution in [0.15, 0.2) is 0 Å². The van der Waals surface area contributed by atoms with E-state index in [0.717, 1.165) is 102 Å². The highest BCUT2D eigenvalue weighted by Gasteiger charge is 2.30. The Kier molecular flexibility index (Phi) is 61.8. The number of phosphoric ester groups is 2. The molecule has 0 spiro atoms. The van der Waals surface area contributed by atoms with Gasteiger partial charge in [0, 0.05) is 25.7 Å². The molecule has 0 aromatic carbocycles. The third kappa shape index (κ3) is 64.8. The maximum atomic E-state index is 13.0. The van der Waals surface area contributed by atoms with Crippen molar-refractivity contribution in [3.05, 3.63) is 0 Å². The number of carbonyl (C=O) groups is 4. The molecule has 0 aromatic heterocycles. The Morgan fingerprint density at radius 3 is 0.756 bits per heavy atom. The highest BCUT2D eigenvalue weighted by atomic mass is 31.2. The summed E-state index contributed by atoms with van der Waals surface area (Å²) in [6.45, 7) is 9.55. The molecule has 19 heteroatoms. The fraction of sp³-hybridized carbons (Fsp3) is 0.944. The molecular weight excluding hydrogens is 1190 g/mol. The van der Waals surface area contributed by atoms with E-state index < -0.39 is 97.5 Å². The third-order valence-electron chi connectivity index (χ3n) is 16.5. The fourth-order valence-electron chi connectivity index (χ4n) is 10.8. The minimum atomic E-state index is -4.95. The largest absolute Gasteiger partial charge is 0.472 e. The first-order chi connectivity index (χ1) is 43.4. The van der Waals surface area contributed by atoms with E-state index in [4.69, 9.17) is 37.0 Å². The molecule has 0 radical (unpaired) electrons. The molecule has 0 saturated carbocycles. The minimum absolute atomic E-state index is 0.106. The van der Waals surface area contributed by atoms with Gasteiger partial charge in [0.15, 0.2) is 12.2 Å². The van der Waals surface area contributed by atoms with Crippen molar-refractivity contribution in [1.29, 1.82) is 0 Å². The van der Waals surface area contributed by atoms with Crippen molar-refractivity contribution in [3.8, 4) is 0 Å². The van der Waals surface area contributed by atoms with Crippen LogP contribution in [0.3, 0.4) is 0 Å². The summed E-state index contributed by atoms with van der Waals surface area (Å²) in [6.07, 6.45) is 48.5. The maximum absolute atomic E-state index is 13.0. The van der Waals surface area contributed by atoms with E-state index >= 15 is 0 Å². The zero-order valence-electron chi connectivity index (χ0n) is 58.4. The Labute approximate surface area is 549 Å². The van der Waals surface area contributed by atoms with Crippen LogP contribution in [-0.2, 0) is 65.4 Å². The predicted octanol–water partition coefficient (Wildman–Crippen LogP) is 20.4. The molecule has 2 unspecified atom stereocenters. The van der Waals surface area contributed by atoms with Gasteiger partial charge in [-0.3, -0.25) is 37.3 Å². The second kappa shape index (κ2) is 63.1. The molecule has 3 N–H and O–H groups in total. The number of hydrogen-bond donors (Lipinski definition) is 3. The van der Waals surface area contributed by atoms with Gasteiger partial charge in [-0.25, -0.2) is 9.13 Å². The van der Waals surface area contributed by atoms with Gasteiger partial charge in [0.1, 0.15) is 19.3 Å². The van der Waals surface area contributed by atoms with Crippen LogP contribution in [0.2, 0.25) is 0 Å². The standard InChI is InChI=1S/C71H138O17P2/c1-7-9-11-13-15-17-30-37-43-49-55-70(75)87-66(59-81-68(73)53-47-41-35-27-16-14-12-10-8-2)61-85-89(77,78)83-57-65(72)58-84-90(79,80)86-62-67(60-82-69(74)54-48-42-36-31-26-25-29-34-40-46-52-64(5)6)88-71(76)56-50-44-38-32-24-22-20-18-19-21-23-28-33-39-45-51-63(3)4/h63-67,72H,7-62H2,1-6H3,(H,77,78)(H,79,80)/t65-,66+,67+/m0/s1. The molecule has 0 heterocycles. The Morgan fingerprint density at radius 2 is 0.511 bits per heavy atom. The summed E-state index contributed by atoms with van der Waals surface area (Å²) in [6, 6.07) is 0. The number of aliphatic hydroxyl groups excluding tert-OH is 1. The van der Waals surface area contributed by atoms with Gasteiger partial charge in [0.05, 0.1) is 26.4 Å².